The lowest BCUT2D eigenvalue weighted by Gasteiger charge is -2.30. The first kappa shape index (κ1) is 18.4. The maximum absolute atomic E-state index is 5.76. The van der Waals surface area contributed by atoms with E-state index in [1.807, 2.05) is 12.3 Å². The van der Waals surface area contributed by atoms with Crippen LogP contribution in [-0.2, 0) is 6.42 Å². The number of allylic oxidation sites excluding steroid dienone is 4. The van der Waals surface area contributed by atoms with Crippen LogP contribution in [0.15, 0.2) is 53.8 Å². The van der Waals surface area contributed by atoms with Gasteiger partial charge in [-0.05, 0) is 87.3 Å². The Balaban J connectivity index is 2.04. The van der Waals surface area contributed by atoms with Gasteiger partial charge >= 0.3 is 0 Å². The van der Waals surface area contributed by atoms with E-state index in [4.69, 9.17) is 5.73 Å². The van der Waals surface area contributed by atoms with Crippen LogP contribution in [0.2, 0.25) is 0 Å². The number of hydrogen-bond donors (Lipinski definition) is 1. The molecule has 2 N–H and O–H groups in total. The van der Waals surface area contributed by atoms with Crippen molar-refractivity contribution < 1.29 is 0 Å². The molecule has 1 aromatic carbocycles. The van der Waals surface area contributed by atoms with E-state index >= 15 is 0 Å². The summed E-state index contributed by atoms with van der Waals surface area (Å²) < 4.78 is 0. The molecule has 2 nitrogen and oxygen atoms in total. The molecule has 0 amide bonds. The number of aromatic nitrogens is 1. The monoisotopic (exact) mass is 346 g/mol. The molecule has 0 radical (unpaired) electrons. The second kappa shape index (κ2) is 7.90. The van der Waals surface area contributed by atoms with E-state index in [1.165, 1.54) is 47.1 Å². The molecule has 0 aliphatic heterocycles. The lowest BCUT2D eigenvalue weighted by atomic mass is 9.75. The summed E-state index contributed by atoms with van der Waals surface area (Å²) in [5.74, 6) is 1.30. The molecule has 2 aromatic rings. The van der Waals surface area contributed by atoms with Gasteiger partial charge < -0.3 is 5.73 Å². The predicted octanol–water partition coefficient (Wildman–Crippen LogP) is 6.36. The average Bonchev–Trinajstić information content (AvgIpc) is 2.57. The predicted molar refractivity (Wildman–Crippen MR) is 112 cm³/mol. The van der Waals surface area contributed by atoms with Gasteiger partial charge in [0.05, 0.1) is 0 Å². The molecule has 1 saturated carbocycles. The molecule has 1 aliphatic carbocycles. The van der Waals surface area contributed by atoms with Crippen LogP contribution in [0.4, 0.5) is 5.82 Å². The third-order valence-electron chi connectivity index (χ3n) is 5.66. The molecule has 136 valence electrons. The SMILES string of the molecule is C/C=C(C)\C=C(/C)Cc1c(C2CCC2)ccc(-c2ccc(N)nc2)c1C. The van der Waals surface area contributed by atoms with E-state index < -0.39 is 0 Å². The van der Waals surface area contributed by atoms with Crippen molar-refractivity contribution in [3.8, 4) is 11.1 Å². The van der Waals surface area contributed by atoms with Crippen LogP contribution in [0.5, 0.6) is 0 Å². The molecule has 26 heavy (non-hydrogen) atoms. The Morgan fingerprint density at radius 2 is 1.96 bits per heavy atom. The lowest BCUT2D eigenvalue weighted by Crippen LogP contribution is -2.13. The number of nitrogens with two attached hydrogens (primary N) is 1. The van der Waals surface area contributed by atoms with E-state index in [0.717, 1.165) is 17.9 Å². The summed E-state index contributed by atoms with van der Waals surface area (Å²) in [6.07, 6.45) is 11.4. The molecule has 0 spiro atoms. The van der Waals surface area contributed by atoms with E-state index in [9.17, 15) is 0 Å². The Morgan fingerprint density at radius 3 is 2.54 bits per heavy atom. The largest absolute Gasteiger partial charge is 0.384 e. The minimum absolute atomic E-state index is 0.568. The van der Waals surface area contributed by atoms with Gasteiger partial charge in [-0.25, -0.2) is 4.98 Å². The van der Waals surface area contributed by atoms with Crippen LogP contribution < -0.4 is 5.73 Å². The molecular formula is C24H30N2. The maximum Gasteiger partial charge on any atom is 0.123 e. The highest BCUT2D eigenvalue weighted by Crippen LogP contribution is 2.41. The molecule has 0 unspecified atom stereocenters. The fourth-order valence-corrected chi connectivity index (χ4v) is 3.79. The molecule has 0 saturated heterocycles. The summed E-state index contributed by atoms with van der Waals surface area (Å²) in [5.41, 5.74) is 15.3. The molecule has 0 atom stereocenters. The van der Waals surface area contributed by atoms with Crippen LogP contribution >= 0.6 is 0 Å². The lowest BCUT2D eigenvalue weighted by molar-refractivity contribution is 0.417. The zero-order chi connectivity index (χ0) is 18.7. The highest BCUT2D eigenvalue weighted by Gasteiger charge is 2.24. The van der Waals surface area contributed by atoms with Crippen molar-refractivity contribution >= 4 is 5.82 Å². The van der Waals surface area contributed by atoms with Crippen molar-refractivity contribution in [1.29, 1.82) is 0 Å². The topological polar surface area (TPSA) is 38.9 Å². The van der Waals surface area contributed by atoms with Crippen LogP contribution in [0.25, 0.3) is 11.1 Å². The van der Waals surface area contributed by atoms with Gasteiger partial charge in [0.15, 0.2) is 0 Å². The zero-order valence-electron chi connectivity index (χ0n) is 16.5. The summed E-state index contributed by atoms with van der Waals surface area (Å²) in [4.78, 5) is 4.28. The molecule has 1 aliphatic rings. The van der Waals surface area contributed by atoms with Crippen LogP contribution in [-0.4, -0.2) is 4.98 Å². The number of hydrogen-bond acceptors (Lipinski definition) is 2. The zero-order valence-corrected chi connectivity index (χ0v) is 16.5. The minimum atomic E-state index is 0.568. The number of pyridine rings is 1. The summed E-state index contributed by atoms with van der Waals surface area (Å²) in [6, 6.07) is 8.59. The van der Waals surface area contributed by atoms with Crippen molar-refractivity contribution in [2.45, 2.75) is 59.3 Å². The molecular weight excluding hydrogens is 316 g/mol. The highest BCUT2D eigenvalue weighted by atomic mass is 14.8. The van der Waals surface area contributed by atoms with Gasteiger partial charge in [-0.2, -0.15) is 0 Å². The Labute approximate surface area is 157 Å². The number of rotatable bonds is 5. The van der Waals surface area contributed by atoms with Gasteiger partial charge in [-0.3, -0.25) is 0 Å². The minimum Gasteiger partial charge on any atom is -0.384 e. The third kappa shape index (κ3) is 3.90. The summed E-state index contributed by atoms with van der Waals surface area (Å²) >= 11 is 0. The second-order valence-corrected chi connectivity index (χ2v) is 7.61. The molecule has 0 bridgehead atoms. The van der Waals surface area contributed by atoms with Gasteiger partial charge in [0, 0.05) is 11.8 Å². The van der Waals surface area contributed by atoms with Crippen molar-refractivity contribution in [3.63, 3.8) is 0 Å². The first-order chi connectivity index (χ1) is 12.5. The third-order valence-corrected chi connectivity index (χ3v) is 5.66. The smallest absolute Gasteiger partial charge is 0.123 e. The van der Waals surface area contributed by atoms with Gasteiger partial charge in [-0.15, -0.1) is 0 Å². The van der Waals surface area contributed by atoms with Crippen molar-refractivity contribution in [2.24, 2.45) is 0 Å². The van der Waals surface area contributed by atoms with E-state index in [-0.39, 0.29) is 0 Å². The maximum atomic E-state index is 5.76. The van der Waals surface area contributed by atoms with Gasteiger partial charge in [0.25, 0.3) is 0 Å². The second-order valence-electron chi connectivity index (χ2n) is 7.61. The number of nitrogens with zero attached hydrogens (tertiary/aromatic N) is 1. The van der Waals surface area contributed by atoms with Crippen molar-refractivity contribution in [2.75, 3.05) is 5.73 Å². The van der Waals surface area contributed by atoms with E-state index in [0.29, 0.717) is 5.82 Å². The van der Waals surface area contributed by atoms with E-state index in [1.54, 1.807) is 5.56 Å². The van der Waals surface area contributed by atoms with E-state index in [2.05, 4.69) is 63.0 Å². The summed E-state index contributed by atoms with van der Waals surface area (Å²) in [5, 5.41) is 0. The molecule has 1 heterocycles. The molecule has 2 heteroatoms. The van der Waals surface area contributed by atoms with Crippen LogP contribution in [0.3, 0.4) is 0 Å². The highest BCUT2D eigenvalue weighted by molar-refractivity contribution is 5.70. The fourth-order valence-electron chi connectivity index (χ4n) is 3.79. The average molecular weight is 347 g/mol. The van der Waals surface area contributed by atoms with Gasteiger partial charge in [-0.1, -0.05) is 41.9 Å². The Morgan fingerprint density at radius 1 is 1.19 bits per heavy atom. The Hall–Kier alpha value is -2.35. The number of nitrogen functional groups attached to an aromatic ring is 1. The molecule has 3 rings (SSSR count). The molecule has 1 aromatic heterocycles. The van der Waals surface area contributed by atoms with Crippen molar-refractivity contribution in [1.82, 2.24) is 4.98 Å². The first-order valence-electron chi connectivity index (χ1n) is 9.64. The number of benzene rings is 1. The van der Waals surface area contributed by atoms with Crippen molar-refractivity contribution in [3.05, 3.63) is 70.5 Å². The van der Waals surface area contributed by atoms with Crippen LogP contribution in [0, 0.1) is 6.92 Å². The Bertz CT molecular complexity index is 837. The standard InChI is InChI=1S/C24H30N2/c1-5-16(2)13-17(3)14-23-18(4)21(20-9-12-24(25)26-15-20)10-11-22(23)19-7-6-8-19/h5,9-13,15,19H,6-8,14H2,1-4H3,(H2,25,26)/b16-5-,17-13+. The summed E-state index contributed by atoms with van der Waals surface area (Å²) in [7, 11) is 0. The quantitative estimate of drug-likeness (QED) is 0.640. The first-order valence-corrected chi connectivity index (χ1v) is 9.64. The Kier molecular flexibility index (Phi) is 5.61. The number of anilines is 1. The van der Waals surface area contributed by atoms with Gasteiger partial charge in [0.2, 0.25) is 0 Å². The fraction of sp³-hybridized carbons (Fsp3) is 0.375. The molecule has 1 fully saturated rings. The normalized spacial score (nSPS) is 15.8. The van der Waals surface area contributed by atoms with Gasteiger partial charge in [0.1, 0.15) is 5.82 Å². The summed E-state index contributed by atoms with van der Waals surface area (Å²) in [6.45, 7) is 8.77. The van der Waals surface area contributed by atoms with Crippen LogP contribution in [0.1, 0.15) is 62.6 Å².